The van der Waals surface area contributed by atoms with Crippen molar-refractivity contribution in [2.45, 2.75) is 0 Å². The third kappa shape index (κ3) is 1.56. The number of carboxylic acid groups (broad SMARTS) is 1. The molecular formula is C11H6FN3O2S. The highest BCUT2D eigenvalue weighted by Crippen LogP contribution is 2.25. The quantitative estimate of drug-likeness (QED) is 0.770. The second kappa shape index (κ2) is 3.88. The molecule has 90 valence electrons. The van der Waals surface area contributed by atoms with Gasteiger partial charge < -0.3 is 5.11 Å². The van der Waals surface area contributed by atoms with Gasteiger partial charge in [-0.15, -0.1) is 0 Å². The van der Waals surface area contributed by atoms with Gasteiger partial charge in [-0.3, -0.25) is 0 Å². The highest BCUT2D eigenvalue weighted by Gasteiger charge is 2.21. The Kier molecular flexibility index (Phi) is 2.34. The lowest BCUT2D eigenvalue weighted by molar-refractivity contribution is 0.0689. The smallest absolute Gasteiger partial charge is 0.356 e. The van der Waals surface area contributed by atoms with Crippen LogP contribution in [0, 0.1) is 5.82 Å². The van der Waals surface area contributed by atoms with E-state index >= 15 is 0 Å². The summed E-state index contributed by atoms with van der Waals surface area (Å²) in [6, 6.07) is 5.52. The molecule has 0 atom stereocenters. The Morgan fingerprint density at radius 3 is 2.72 bits per heavy atom. The summed E-state index contributed by atoms with van der Waals surface area (Å²) in [5.41, 5.74) is 2.34. The number of fused-ring (bicyclic) bond motifs is 1. The molecule has 0 saturated heterocycles. The molecule has 7 heteroatoms. The van der Waals surface area contributed by atoms with E-state index in [1.54, 1.807) is 0 Å². The normalized spacial score (nSPS) is 10.9. The molecule has 0 unspecified atom stereocenters. The summed E-state index contributed by atoms with van der Waals surface area (Å²) in [5.74, 6) is -1.50. The first kappa shape index (κ1) is 10.8. The van der Waals surface area contributed by atoms with Crippen LogP contribution in [-0.2, 0) is 0 Å². The maximum Gasteiger partial charge on any atom is 0.356 e. The first-order valence-electron chi connectivity index (χ1n) is 4.98. The average Bonchev–Trinajstić information content (AvgIpc) is 2.88. The first-order chi connectivity index (χ1) is 8.66. The number of hydrogen-bond donors (Lipinski definition) is 1. The summed E-state index contributed by atoms with van der Waals surface area (Å²) in [7, 11) is 0. The zero-order valence-corrected chi connectivity index (χ0v) is 9.69. The van der Waals surface area contributed by atoms with Crippen molar-refractivity contribution in [3.63, 3.8) is 0 Å². The fourth-order valence-electron chi connectivity index (χ4n) is 1.69. The molecule has 0 aliphatic carbocycles. The van der Waals surface area contributed by atoms with Gasteiger partial charge in [-0.25, -0.2) is 14.2 Å². The summed E-state index contributed by atoms with van der Waals surface area (Å²) < 4.78 is 14.1. The minimum absolute atomic E-state index is 0.0159. The molecule has 18 heavy (non-hydrogen) atoms. The van der Waals surface area contributed by atoms with Gasteiger partial charge in [0.1, 0.15) is 17.0 Å². The molecule has 0 saturated carbocycles. The molecule has 3 aromatic rings. The summed E-state index contributed by atoms with van der Waals surface area (Å²) in [4.78, 5) is 16.0. The summed E-state index contributed by atoms with van der Waals surface area (Å²) in [6.07, 6.45) is 0. The van der Waals surface area contributed by atoms with Crippen molar-refractivity contribution in [1.29, 1.82) is 0 Å². The van der Waals surface area contributed by atoms with Gasteiger partial charge in [0.05, 0.1) is 0 Å². The van der Waals surface area contributed by atoms with E-state index in [-0.39, 0.29) is 11.5 Å². The zero-order valence-electron chi connectivity index (χ0n) is 8.87. The van der Waals surface area contributed by atoms with E-state index in [2.05, 4.69) is 10.1 Å². The van der Waals surface area contributed by atoms with Crippen LogP contribution in [0.5, 0.6) is 0 Å². The number of hydrogen-bond acceptors (Lipinski definition) is 4. The number of aromatic carboxylic acids is 1. The maximum atomic E-state index is 12.9. The van der Waals surface area contributed by atoms with Crippen molar-refractivity contribution in [3.05, 3.63) is 41.3 Å². The van der Waals surface area contributed by atoms with Crippen LogP contribution in [0.25, 0.3) is 16.2 Å². The van der Waals surface area contributed by atoms with Crippen molar-refractivity contribution in [2.75, 3.05) is 0 Å². The summed E-state index contributed by atoms with van der Waals surface area (Å²) in [6.45, 7) is 0. The van der Waals surface area contributed by atoms with E-state index in [0.717, 1.165) is 0 Å². The fourth-order valence-corrected chi connectivity index (χ4v) is 2.31. The van der Waals surface area contributed by atoms with Crippen LogP contribution in [0.1, 0.15) is 10.5 Å². The Morgan fingerprint density at radius 1 is 1.33 bits per heavy atom. The Morgan fingerprint density at radius 2 is 2.06 bits per heavy atom. The van der Waals surface area contributed by atoms with Gasteiger partial charge in [-0.05, 0) is 24.3 Å². The molecule has 5 nitrogen and oxygen atoms in total. The molecule has 0 aliphatic rings. The first-order valence-corrected chi connectivity index (χ1v) is 5.86. The van der Waals surface area contributed by atoms with Crippen LogP contribution < -0.4 is 0 Å². The molecular weight excluding hydrogens is 257 g/mol. The number of halogens is 1. The molecule has 3 rings (SSSR count). The number of nitrogens with zero attached hydrogens (tertiary/aromatic N) is 3. The number of carbonyl (C=O) groups is 1. The van der Waals surface area contributed by atoms with Gasteiger partial charge in [0.25, 0.3) is 0 Å². The van der Waals surface area contributed by atoms with Gasteiger partial charge >= 0.3 is 5.97 Å². The van der Waals surface area contributed by atoms with E-state index in [9.17, 15) is 14.3 Å². The van der Waals surface area contributed by atoms with E-state index in [1.807, 2.05) is 0 Å². The maximum absolute atomic E-state index is 12.9. The monoisotopic (exact) mass is 263 g/mol. The predicted octanol–water partition coefficient (Wildman–Crippen LogP) is 2.30. The van der Waals surface area contributed by atoms with Crippen molar-refractivity contribution in [2.24, 2.45) is 0 Å². The molecule has 1 N–H and O–H groups in total. The van der Waals surface area contributed by atoms with Gasteiger partial charge in [-0.2, -0.15) is 9.61 Å². The van der Waals surface area contributed by atoms with E-state index in [0.29, 0.717) is 16.2 Å². The minimum atomic E-state index is -1.12. The van der Waals surface area contributed by atoms with E-state index in [4.69, 9.17) is 0 Å². The number of carboxylic acids is 1. The van der Waals surface area contributed by atoms with Crippen molar-refractivity contribution in [1.82, 2.24) is 14.6 Å². The molecule has 1 aromatic carbocycles. The Bertz CT molecular complexity index is 732. The number of imidazole rings is 1. The Hall–Kier alpha value is -2.28. The van der Waals surface area contributed by atoms with Crippen LogP contribution in [0.4, 0.5) is 4.39 Å². The van der Waals surface area contributed by atoms with Gasteiger partial charge in [0, 0.05) is 5.56 Å². The predicted molar refractivity (Wildman–Crippen MR) is 63.2 cm³/mol. The molecule has 0 amide bonds. The number of benzene rings is 1. The van der Waals surface area contributed by atoms with Crippen LogP contribution in [0.15, 0.2) is 29.8 Å². The Balaban J connectivity index is 2.27. The van der Waals surface area contributed by atoms with Crippen LogP contribution in [0.2, 0.25) is 0 Å². The van der Waals surface area contributed by atoms with Gasteiger partial charge in [-0.1, -0.05) is 11.3 Å². The highest BCUT2D eigenvalue weighted by molar-refractivity contribution is 7.14. The third-order valence-corrected chi connectivity index (χ3v) is 3.14. The molecule has 2 heterocycles. The topological polar surface area (TPSA) is 67.5 Å². The lowest BCUT2D eigenvalue weighted by Gasteiger charge is -1.99. The van der Waals surface area contributed by atoms with Gasteiger partial charge in [0.2, 0.25) is 4.96 Å². The van der Waals surface area contributed by atoms with E-state index < -0.39 is 5.97 Å². The molecule has 0 bridgehead atoms. The molecule has 0 spiro atoms. The fraction of sp³-hybridized carbons (Fsp3) is 0. The number of rotatable bonds is 2. The minimum Gasteiger partial charge on any atom is -0.476 e. The zero-order chi connectivity index (χ0) is 12.7. The van der Waals surface area contributed by atoms with Gasteiger partial charge in [0.15, 0.2) is 5.69 Å². The summed E-state index contributed by atoms with van der Waals surface area (Å²) in [5, 5.41) is 13.1. The second-order valence-corrected chi connectivity index (χ2v) is 4.37. The average molecular weight is 263 g/mol. The SMILES string of the molecule is O=C(O)c1c(-c2ccc(F)cc2)nc2scnn12. The Labute approximate surface area is 104 Å². The molecule has 0 fully saturated rings. The van der Waals surface area contributed by atoms with Crippen molar-refractivity contribution >= 4 is 22.3 Å². The highest BCUT2D eigenvalue weighted by atomic mass is 32.1. The standard InChI is InChI=1S/C11H6FN3O2S/c12-7-3-1-6(2-4-7)8-9(10(16)17)15-11(14-8)18-5-13-15/h1-5H,(H,16,17). The van der Waals surface area contributed by atoms with Crippen LogP contribution >= 0.6 is 11.3 Å². The summed E-state index contributed by atoms with van der Waals surface area (Å²) >= 11 is 1.24. The van der Waals surface area contributed by atoms with E-state index in [1.165, 1.54) is 45.6 Å². The lowest BCUT2D eigenvalue weighted by Crippen LogP contribution is -2.04. The van der Waals surface area contributed by atoms with Crippen molar-refractivity contribution < 1.29 is 14.3 Å². The molecule has 2 aromatic heterocycles. The van der Waals surface area contributed by atoms with Crippen molar-refractivity contribution in [3.8, 4) is 11.3 Å². The van der Waals surface area contributed by atoms with Crippen LogP contribution in [0.3, 0.4) is 0 Å². The third-order valence-electron chi connectivity index (χ3n) is 2.47. The second-order valence-electron chi connectivity index (χ2n) is 3.55. The largest absolute Gasteiger partial charge is 0.476 e. The lowest BCUT2D eigenvalue weighted by atomic mass is 10.1. The molecule has 0 radical (unpaired) electrons. The molecule has 0 aliphatic heterocycles. The van der Waals surface area contributed by atoms with Crippen LogP contribution in [-0.4, -0.2) is 25.7 Å². The number of aromatic nitrogens is 3.